The van der Waals surface area contributed by atoms with Crippen LogP contribution in [0.1, 0.15) is 12.5 Å². The summed E-state index contributed by atoms with van der Waals surface area (Å²) < 4.78 is 25.9. The first kappa shape index (κ1) is 14.5. The van der Waals surface area contributed by atoms with Gasteiger partial charge < -0.3 is 10.9 Å². The van der Waals surface area contributed by atoms with Gasteiger partial charge in [-0.3, -0.25) is 0 Å². The maximum atomic E-state index is 11.8. The number of hydrogen-bond donors (Lipinski definition) is 3. The summed E-state index contributed by atoms with van der Waals surface area (Å²) in [5, 5.41) is 11.3. The van der Waals surface area contributed by atoms with Crippen LogP contribution in [0.15, 0.2) is 35.5 Å². The van der Waals surface area contributed by atoms with Gasteiger partial charge in [0.15, 0.2) is 0 Å². The minimum atomic E-state index is -3.41. The molecule has 1 rings (SSSR count). The zero-order chi connectivity index (χ0) is 13.6. The predicted molar refractivity (Wildman–Crippen MR) is 69.6 cm³/mol. The minimum absolute atomic E-state index is 0.00240. The lowest BCUT2D eigenvalue weighted by atomic mass is 10.2. The summed E-state index contributed by atoms with van der Waals surface area (Å²) in [7, 11) is -3.41. The standard InChI is InChI=1S/C11H17N3O3S/c1-9(11(12)14-15)7-13-18(16,17)8-10-5-3-2-4-6-10/h2-6,9,13,15H,7-8H2,1H3,(H2,12,14). The quantitative estimate of drug-likeness (QED) is 0.303. The number of nitrogens with one attached hydrogen (secondary N) is 1. The fraction of sp³-hybridized carbons (Fsp3) is 0.364. The molecule has 0 amide bonds. The number of oxime groups is 1. The molecule has 0 aromatic heterocycles. The van der Waals surface area contributed by atoms with Gasteiger partial charge in [0.1, 0.15) is 5.84 Å². The Bertz CT molecular complexity index is 500. The Kier molecular flexibility index (Phi) is 5.11. The van der Waals surface area contributed by atoms with Crippen LogP contribution in [-0.4, -0.2) is 26.0 Å². The van der Waals surface area contributed by atoms with Gasteiger partial charge in [0, 0.05) is 12.5 Å². The first-order valence-electron chi connectivity index (χ1n) is 5.43. The van der Waals surface area contributed by atoms with Crippen LogP contribution in [0.25, 0.3) is 0 Å². The summed E-state index contributed by atoms with van der Waals surface area (Å²) in [6.45, 7) is 1.77. The molecule has 0 saturated carbocycles. The first-order chi connectivity index (χ1) is 8.44. The fourth-order valence-corrected chi connectivity index (χ4v) is 2.54. The number of nitrogens with zero attached hydrogens (tertiary/aromatic N) is 1. The van der Waals surface area contributed by atoms with Crippen LogP contribution in [0.4, 0.5) is 0 Å². The molecule has 0 aliphatic carbocycles. The van der Waals surface area contributed by atoms with Crippen LogP contribution < -0.4 is 10.5 Å². The van der Waals surface area contributed by atoms with E-state index < -0.39 is 10.0 Å². The van der Waals surface area contributed by atoms with Crippen molar-refractivity contribution < 1.29 is 13.6 Å². The predicted octanol–water partition coefficient (Wildman–Crippen LogP) is 0.488. The van der Waals surface area contributed by atoms with Crippen molar-refractivity contribution in [3.8, 4) is 0 Å². The minimum Gasteiger partial charge on any atom is -0.409 e. The van der Waals surface area contributed by atoms with Gasteiger partial charge in [-0.05, 0) is 5.56 Å². The van der Waals surface area contributed by atoms with E-state index in [1.54, 1.807) is 31.2 Å². The first-order valence-corrected chi connectivity index (χ1v) is 7.08. The number of sulfonamides is 1. The highest BCUT2D eigenvalue weighted by atomic mass is 32.2. The van der Waals surface area contributed by atoms with Crippen molar-refractivity contribution in [1.29, 1.82) is 0 Å². The Morgan fingerprint density at radius 1 is 1.44 bits per heavy atom. The van der Waals surface area contributed by atoms with Crippen LogP contribution in [0.2, 0.25) is 0 Å². The van der Waals surface area contributed by atoms with Crippen LogP contribution >= 0.6 is 0 Å². The Morgan fingerprint density at radius 3 is 2.61 bits per heavy atom. The number of rotatable bonds is 6. The van der Waals surface area contributed by atoms with E-state index in [2.05, 4.69) is 9.88 Å². The third kappa shape index (κ3) is 4.72. The average Bonchev–Trinajstić information content (AvgIpc) is 2.35. The summed E-state index contributed by atoms with van der Waals surface area (Å²) in [6.07, 6.45) is 0. The highest BCUT2D eigenvalue weighted by Gasteiger charge is 2.14. The van der Waals surface area contributed by atoms with Crippen LogP contribution in [0.3, 0.4) is 0 Å². The molecule has 18 heavy (non-hydrogen) atoms. The van der Waals surface area contributed by atoms with E-state index in [9.17, 15) is 8.42 Å². The van der Waals surface area contributed by atoms with E-state index in [1.165, 1.54) is 0 Å². The topological polar surface area (TPSA) is 105 Å². The molecule has 0 radical (unpaired) electrons. The van der Waals surface area contributed by atoms with Crippen LogP contribution in [0, 0.1) is 5.92 Å². The van der Waals surface area contributed by atoms with Crippen molar-refractivity contribution in [3.63, 3.8) is 0 Å². The highest BCUT2D eigenvalue weighted by molar-refractivity contribution is 7.88. The van der Waals surface area contributed by atoms with Gasteiger partial charge in [0.05, 0.1) is 5.75 Å². The van der Waals surface area contributed by atoms with E-state index in [1.807, 2.05) is 6.07 Å². The second-order valence-electron chi connectivity index (χ2n) is 4.02. The summed E-state index contributed by atoms with van der Waals surface area (Å²) >= 11 is 0. The fourth-order valence-electron chi connectivity index (χ4n) is 1.30. The SMILES string of the molecule is CC(CNS(=O)(=O)Cc1ccccc1)C(N)=NO. The third-order valence-electron chi connectivity index (χ3n) is 2.43. The highest BCUT2D eigenvalue weighted by Crippen LogP contribution is 2.04. The van der Waals surface area contributed by atoms with E-state index in [4.69, 9.17) is 10.9 Å². The average molecular weight is 271 g/mol. The molecule has 0 heterocycles. The molecule has 0 saturated heterocycles. The summed E-state index contributed by atoms with van der Waals surface area (Å²) in [5.41, 5.74) is 6.07. The molecule has 4 N–H and O–H groups in total. The molecule has 1 atom stereocenters. The summed E-state index contributed by atoms with van der Waals surface area (Å²) in [4.78, 5) is 0. The van der Waals surface area contributed by atoms with Crippen molar-refractivity contribution >= 4 is 15.9 Å². The van der Waals surface area contributed by atoms with Crippen molar-refractivity contribution in [2.24, 2.45) is 16.8 Å². The van der Waals surface area contributed by atoms with E-state index in [0.717, 1.165) is 0 Å². The molecule has 1 aromatic rings. The molecule has 0 aliphatic heterocycles. The number of hydrogen-bond acceptors (Lipinski definition) is 4. The largest absolute Gasteiger partial charge is 0.409 e. The molecule has 0 aliphatic rings. The van der Waals surface area contributed by atoms with Crippen LogP contribution in [-0.2, 0) is 15.8 Å². The van der Waals surface area contributed by atoms with Gasteiger partial charge in [0.25, 0.3) is 0 Å². The lowest BCUT2D eigenvalue weighted by Crippen LogP contribution is -2.35. The van der Waals surface area contributed by atoms with Gasteiger partial charge in [-0.15, -0.1) is 0 Å². The van der Waals surface area contributed by atoms with Gasteiger partial charge in [-0.2, -0.15) is 0 Å². The lowest BCUT2D eigenvalue weighted by Gasteiger charge is -2.11. The molecule has 1 unspecified atom stereocenters. The maximum Gasteiger partial charge on any atom is 0.215 e. The molecule has 6 nitrogen and oxygen atoms in total. The van der Waals surface area contributed by atoms with Gasteiger partial charge in [-0.1, -0.05) is 42.4 Å². The molecule has 0 spiro atoms. The van der Waals surface area contributed by atoms with E-state index in [-0.39, 0.29) is 24.1 Å². The number of amidine groups is 1. The molecule has 0 fully saturated rings. The van der Waals surface area contributed by atoms with Crippen molar-refractivity contribution in [1.82, 2.24) is 4.72 Å². The Hall–Kier alpha value is -1.60. The molecule has 7 heteroatoms. The monoisotopic (exact) mass is 271 g/mol. The molecular formula is C11H17N3O3S. The van der Waals surface area contributed by atoms with E-state index in [0.29, 0.717) is 5.56 Å². The van der Waals surface area contributed by atoms with Crippen LogP contribution in [0.5, 0.6) is 0 Å². The molecule has 1 aromatic carbocycles. The van der Waals surface area contributed by atoms with Gasteiger partial charge >= 0.3 is 0 Å². The van der Waals surface area contributed by atoms with Gasteiger partial charge in [-0.25, -0.2) is 13.1 Å². The Balaban J connectivity index is 2.56. The second-order valence-corrected chi connectivity index (χ2v) is 5.83. The number of benzene rings is 1. The van der Waals surface area contributed by atoms with Gasteiger partial charge in [0.2, 0.25) is 10.0 Å². The third-order valence-corrected chi connectivity index (χ3v) is 3.75. The van der Waals surface area contributed by atoms with Crippen molar-refractivity contribution in [3.05, 3.63) is 35.9 Å². The van der Waals surface area contributed by atoms with E-state index >= 15 is 0 Å². The summed E-state index contributed by atoms with van der Waals surface area (Å²) in [5.74, 6) is -0.450. The smallest absolute Gasteiger partial charge is 0.215 e. The van der Waals surface area contributed by atoms with Crippen molar-refractivity contribution in [2.75, 3.05) is 6.54 Å². The maximum absolute atomic E-state index is 11.8. The zero-order valence-corrected chi connectivity index (χ0v) is 10.9. The molecular weight excluding hydrogens is 254 g/mol. The number of nitrogens with two attached hydrogens (primary N) is 1. The summed E-state index contributed by atoms with van der Waals surface area (Å²) in [6, 6.07) is 8.87. The Morgan fingerprint density at radius 2 is 2.06 bits per heavy atom. The van der Waals surface area contributed by atoms with Crippen molar-refractivity contribution in [2.45, 2.75) is 12.7 Å². The molecule has 0 bridgehead atoms. The Labute approximate surface area is 107 Å². The molecule has 100 valence electrons. The lowest BCUT2D eigenvalue weighted by molar-refractivity contribution is 0.314. The normalized spacial score (nSPS) is 14.4. The zero-order valence-electron chi connectivity index (χ0n) is 10.1. The second kappa shape index (κ2) is 6.36.